The highest BCUT2D eigenvalue weighted by molar-refractivity contribution is 6.04. The first-order chi connectivity index (χ1) is 16.0. The Morgan fingerprint density at radius 3 is 2.76 bits per heavy atom. The first-order valence-corrected chi connectivity index (χ1v) is 12.0. The van der Waals surface area contributed by atoms with Gasteiger partial charge in [-0.2, -0.15) is 0 Å². The smallest absolute Gasteiger partial charge is 0.255 e. The van der Waals surface area contributed by atoms with Crippen LogP contribution in [-0.4, -0.2) is 16.7 Å². The monoisotopic (exact) mass is 438 g/mol. The van der Waals surface area contributed by atoms with Crippen LogP contribution < -0.4 is 5.32 Å². The molecule has 168 valence electrons. The summed E-state index contributed by atoms with van der Waals surface area (Å²) in [7, 11) is 0. The molecule has 0 spiro atoms. The molecule has 1 saturated carbocycles. The number of ketones is 1. The second-order valence-electron chi connectivity index (χ2n) is 9.61. The molecule has 1 aromatic heterocycles. The number of carbonyl (C=O) groups is 2. The van der Waals surface area contributed by atoms with Crippen molar-refractivity contribution in [2.24, 2.45) is 5.92 Å². The van der Waals surface area contributed by atoms with Crippen LogP contribution in [0.15, 0.2) is 66.9 Å². The van der Waals surface area contributed by atoms with Gasteiger partial charge in [0.15, 0.2) is 0 Å². The molecule has 0 radical (unpaired) electrons. The standard InChI is InChI=1S/C29H30N2O2/c1-20-27(11-6-16-30-20)31-28(33)23-12-13-26-22(17-23)9-5-10-24-18-25(32)14-15-29(24,26)19-21-7-3-2-4-8-21/h2-4,6-8,11-13,16-17,24H,5,9-10,14-15,18-19H2,1H3,(H,31,33). The Bertz CT molecular complexity index is 1190. The van der Waals surface area contributed by atoms with Gasteiger partial charge in [-0.25, -0.2) is 0 Å². The van der Waals surface area contributed by atoms with Gasteiger partial charge in [-0.05, 0) is 85.9 Å². The van der Waals surface area contributed by atoms with Crippen molar-refractivity contribution >= 4 is 17.4 Å². The Morgan fingerprint density at radius 2 is 1.94 bits per heavy atom. The fourth-order valence-electron chi connectivity index (χ4n) is 5.94. The number of benzene rings is 2. The third-order valence-corrected chi connectivity index (χ3v) is 7.63. The van der Waals surface area contributed by atoms with Crippen molar-refractivity contribution in [1.82, 2.24) is 4.98 Å². The van der Waals surface area contributed by atoms with E-state index in [-0.39, 0.29) is 11.3 Å². The molecule has 0 saturated heterocycles. The zero-order valence-electron chi connectivity index (χ0n) is 19.1. The van der Waals surface area contributed by atoms with Gasteiger partial charge < -0.3 is 5.32 Å². The molecule has 33 heavy (non-hydrogen) atoms. The Morgan fingerprint density at radius 1 is 1.09 bits per heavy atom. The van der Waals surface area contributed by atoms with E-state index in [0.717, 1.165) is 43.5 Å². The third kappa shape index (κ3) is 4.22. The number of rotatable bonds is 4. The molecule has 2 atom stereocenters. The van der Waals surface area contributed by atoms with Crippen LogP contribution in [0.1, 0.15) is 64.8 Å². The average Bonchev–Trinajstić information content (AvgIpc) is 2.97. The number of aromatic nitrogens is 1. The number of fused-ring (bicyclic) bond motifs is 3. The minimum absolute atomic E-state index is 0.0456. The summed E-state index contributed by atoms with van der Waals surface area (Å²) in [5.74, 6) is 0.651. The number of nitrogens with zero attached hydrogens (tertiary/aromatic N) is 1. The molecule has 1 N–H and O–H groups in total. The lowest BCUT2D eigenvalue weighted by Gasteiger charge is -2.44. The van der Waals surface area contributed by atoms with E-state index in [1.54, 1.807) is 6.20 Å². The van der Waals surface area contributed by atoms with Crippen molar-refractivity contribution in [3.8, 4) is 0 Å². The van der Waals surface area contributed by atoms with Crippen molar-refractivity contribution in [3.05, 3.63) is 94.8 Å². The molecular formula is C29H30N2O2. The molecule has 4 nitrogen and oxygen atoms in total. The van der Waals surface area contributed by atoms with E-state index in [0.29, 0.717) is 30.1 Å². The number of aryl methyl sites for hydroxylation is 2. The fraction of sp³-hybridized carbons (Fsp3) is 0.345. The number of pyridine rings is 1. The lowest BCUT2D eigenvalue weighted by Crippen LogP contribution is -2.42. The normalized spacial score (nSPS) is 22.1. The summed E-state index contributed by atoms with van der Waals surface area (Å²) in [6.07, 6.45) is 7.94. The van der Waals surface area contributed by atoms with Gasteiger partial charge in [0.1, 0.15) is 5.78 Å². The van der Waals surface area contributed by atoms with Gasteiger partial charge >= 0.3 is 0 Å². The molecule has 4 heteroatoms. The van der Waals surface area contributed by atoms with Gasteiger partial charge in [-0.1, -0.05) is 36.4 Å². The predicted octanol–water partition coefficient (Wildman–Crippen LogP) is 5.83. The molecule has 0 bridgehead atoms. The van der Waals surface area contributed by atoms with Crippen LogP contribution >= 0.6 is 0 Å². The first kappa shape index (κ1) is 21.6. The van der Waals surface area contributed by atoms with E-state index in [9.17, 15) is 9.59 Å². The van der Waals surface area contributed by atoms with Crippen LogP contribution in [0.5, 0.6) is 0 Å². The summed E-state index contributed by atoms with van der Waals surface area (Å²) in [4.78, 5) is 29.7. The number of Topliss-reactive ketones (excluding diaryl/α,β-unsaturated/α-hetero) is 1. The van der Waals surface area contributed by atoms with Crippen molar-refractivity contribution in [1.29, 1.82) is 0 Å². The molecule has 0 aliphatic heterocycles. The van der Waals surface area contributed by atoms with Gasteiger partial charge in [0.25, 0.3) is 5.91 Å². The summed E-state index contributed by atoms with van der Waals surface area (Å²) in [5, 5.41) is 3.01. The molecule has 2 aliphatic rings. The molecule has 3 aromatic rings. The van der Waals surface area contributed by atoms with Crippen LogP contribution in [0.2, 0.25) is 0 Å². The minimum Gasteiger partial charge on any atom is -0.320 e. The molecule has 1 fully saturated rings. The van der Waals surface area contributed by atoms with Gasteiger partial charge in [0.05, 0.1) is 11.4 Å². The second-order valence-corrected chi connectivity index (χ2v) is 9.61. The lowest BCUT2D eigenvalue weighted by molar-refractivity contribution is -0.123. The highest BCUT2D eigenvalue weighted by Gasteiger charge is 2.46. The van der Waals surface area contributed by atoms with E-state index in [1.807, 2.05) is 25.1 Å². The van der Waals surface area contributed by atoms with Crippen LogP contribution in [-0.2, 0) is 23.1 Å². The number of hydrogen-bond acceptors (Lipinski definition) is 3. The summed E-state index contributed by atoms with van der Waals surface area (Å²) < 4.78 is 0. The summed E-state index contributed by atoms with van der Waals surface area (Å²) >= 11 is 0. The topological polar surface area (TPSA) is 59.1 Å². The number of nitrogens with one attached hydrogen (secondary N) is 1. The van der Waals surface area contributed by atoms with Gasteiger partial charge in [0.2, 0.25) is 0 Å². The first-order valence-electron chi connectivity index (χ1n) is 12.0. The van der Waals surface area contributed by atoms with Crippen LogP contribution in [0.25, 0.3) is 0 Å². The molecule has 5 rings (SSSR count). The molecule has 2 unspecified atom stereocenters. The van der Waals surface area contributed by atoms with Gasteiger partial charge in [0, 0.05) is 30.0 Å². The maximum absolute atomic E-state index is 13.1. The Balaban J connectivity index is 1.52. The Kier molecular flexibility index (Phi) is 5.84. The SMILES string of the molecule is Cc1ncccc1NC(=O)c1ccc2c(c1)CCCC1CC(=O)CCC21Cc1ccccc1. The van der Waals surface area contributed by atoms with Gasteiger partial charge in [-0.15, -0.1) is 0 Å². The maximum Gasteiger partial charge on any atom is 0.255 e. The highest BCUT2D eigenvalue weighted by atomic mass is 16.1. The molecule has 1 amide bonds. The van der Waals surface area contributed by atoms with E-state index >= 15 is 0 Å². The van der Waals surface area contributed by atoms with Crippen molar-refractivity contribution < 1.29 is 9.59 Å². The largest absolute Gasteiger partial charge is 0.320 e. The maximum atomic E-state index is 13.1. The Hall–Kier alpha value is -3.27. The third-order valence-electron chi connectivity index (χ3n) is 7.63. The number of carbonyl (C=O) groups excluding carboxylic acids is 2. The van der Waals surface area contributed by atoms with Crippen molar-refractivity contribution in [2.75, 3.05) is 5.32 Å². The molecule has 2 aromatic carbocycles. The Labute approximate surface area is 195 Å². The number of amides is 1. The summed E-state index contributed by atoms with van der Waals surface area (Å²) in [6, 6.07) is 20.6. The zero-order valence-corrected chi connectivity index (χ0v) is 19.1. The van der Waals surface area contributed by atoms with E-state index in [2.05, 4.69) is 52.8 Å². The van der Waals surface area contributed by atoms with E-state index in [4.69, 9.17) is 0 Å². The number of hydrogen-bond donors (Lipinski definition) is 1. The highest BCUT2D eigenvalue weighted by Crippen LogP contribution is 2.50. The molecular weight excluding hydrogens is 408 g/mol. The fourth-order valence-corrected chi connectivity index (χ4v) is 5.94. The van der Waals surface area contributed by atoms with Gasteiger partial charge in [-0.3, -0.25) is 14.6 Å². The summed E-state index contributed by atoms with van der Waals surface area (Å²) in [6.45, 7) is 1.89. The number of anilines is 1. The lowest BCUT2D eigenvalue weighted by atomic mass is 9.59. The quantitative estimate of drug-likeness (QED) is 0.558. The van der Waals surface area contributed by atoms with E-state index in [1.165, 1.54) is 16.7 Å². The second kappa shape index (κ2) is 8.93. The average molecular weight is 439 g/mol. The zero-order chi connectivity index (χ0) is 22.8. The van der Waals surface area contributed by atoms with E-state index < -0.39 is 0 Å². The summed E-state index contributed by atoms with van der Waals surface area (Å²) in [5.41, 5.74) is 6.10. The van der Waals surface area contributed by atoms with Crippen molar-refractivity contribution in [2.45, 2.75) is 57.3 Å². The predicted molar refractivity (Wildman–Crippen MR) is 130 cm³/mol. The molecule has 1 heterocycles. The minimum atomic E-state index is -0.106. The van der Waals surface area contributed by atoms with Crippen LogP contribution in [0, 0.1) is 12.8 Å². The van der Waals surface area contributed by atoms with Crippen LogP contribution in [0.4, 0.5) is 5.69 Å². The van der Waals surface area contributed by atoms with Crippen LogP contribution in [0.3, 0.4) is 0 Å². The van der Waals surface area contributed by atoms with Crippen molar-refractivity contribution in [3.63, 3.8) is 0 Å². The molecule has 2 aliphatic carbocycles.